The van der Waals surface area contributed by atoms with Crippen molar-refractivity contribution in [3.05, 3.63) is 0 Å². The molecule has 1 aliphatic carbocycles. The zero-order chi connectivity index (χ0) is 10.3. The molecule has 1 amide bonds. The summed E-state index contributed by atoms with van der Waals surface area (Å²) in [7, 11) is 0. The summed E-state index contributed by atoms with van der Waals surface area (Å²) in [5, 5.41) is 3.42. The van der Waals surface area contributed by atoms with Gasteiger partial charge in [-0.15, -0.1) is 12.4 Å². The van der Waals surface area contributed by atoms with E-state index >= 15 is 0 Å². The molecule has 0 spiro atoms. The van der Waals surface area contributed by atoms with Crippen LogP contribution in [0.15, 0.2) is 0 Å². The summed E-state index contributed by atoms with van der Waals surface area (Å²) >= 11 is 0. The summed E-state index contributed by atoms with van der Waals surface area (Å²) in [6.45, 7) is 4.29. The smallest absolute Gasteiger partial charge is 0.225 e. The highest BCUT2D eigenvalue weighted by Crippen LogP contribution is 2.31. The van der Waals surface area contributed by atoms with Crippen molar-refractivity contribution in [3.63, 3.8) is 0 Å². The normalized spacial score (nSPS) is 33.9. The number of nitrogens with zero attached hydrogens (tertiary/aromatic N) is 1. The Bertz CT molecular complexity index is 254. The van der Waals surface area contributed by atoms with Crippen LogP contribution in [0.3, 0.4) is 0 Å². The molecule has 1 N–H and O–H groups in total. The average molecular weight is 245 g/mol. The minimum absolute atomic E-state index is 0. The first-order valence-electron chi connectivity index (χ1n) is 6.34. The summed E-state index contributed by atoms with van der Waals surface area (Å²) in [4.78, 5) is 14.3. The van der Waals surface area contributed by atoms with Crippen LogP contribution in [0.4, 0.5) is 0 Å². The maximum absolute atomic E-state index is 12.2. The van der Waals surface area contributed by atoms with Crippen molar-refractivity contribution in [2.75, 3.05) is 26.2 Å². The second-order valence-electron chi connectivity index (χ2n) is 5.40. The maximum atomic E-state index is 12.2. The predicted molar refractivity (Wildman–Crippen MR) is 65.6 cm³/mol. The monoisotopic (exact) mass is 244 g/mol. The van der Waals surface area contributed by atoms with Crippen LogP contribution in [0.2, 0.25) is 0 Å². The van der Waals surface area contributed by atoms with E-state index in [1.165, 1.54) is 12.8 Å². The van der Waals surface area contributed by atoms with Gasteiger partial charge in [0, 0.05) is 32.1 Å². The lowest BCUT2D eigenvalue weighted by Crippen LogP contribution is -2.35. The number of amides is 1. The second-order valence-corrected chi connectivity index (χ2v) is 5.40. The van der Waals surface area contributed by atoms with Crippen molar-refractivity contribution in [1.82, 2.24) is 10.2 Å². The zero-order valence-corrected chi connectivity index (χ0v) is 10.5. The molecule has 0 aromatic carbocycles. The molecular formula is C12H21ClN2O. The van der Waals surface area contributed by atoms with E-state index in [0.717, 1.165) is 50.9 Å². The number of carbonyl (C=O) groups excluding carboxylic acids is 1. The molecule has 92 valence electrons. The summed E-state index contributed by atoms with van der Waals surface area (Å²) < 4.78 is 0. The molecule has 0 unspecified atom stereocenters. The van der Waals surface area contributed by atoms with E-state index in [1.54, 1.807) is 0 Å². The minimum Gasteiger partial charge on any atom is -0.342 e. The van der Waals surface area contributed by atoms with Gasteiger partial charge in [-0.25, -0.2) is 0 Å². The van der Waals surface area contributed by atoms with E-state index < -0.39 is 0 Å². The largest absolute Gasteiger partial charge is 0.342 e. The Morgan fingerprint density at radius 2 is 1.62 bits per heavy atom. The van der Waals surface area contributed by atoms with E-state index in [2.05, 4.69) is 10.2 Å². The van der Waals surface area contributed by atoms with Crippen LogP contribution in [0.1, 0.15) is 25.7 Å². The van der Waals surface area contributed by atoms with E-state index in [4.69, 9.17) is 0 Å². The molecule has 3 fully saturated rings. The number of rotatable bonds is 1. The molecule has 2 heterocycles. The van der Waals surface area contributed by atoms with Crippen LogP contribution >= 0.6 is 12.4 Å². The van der Waals surface area contributed by atoms with Crippen LogP contribution < -0.4 is 5.32 Å². The fraction of sp³-hybridized carbons (Fsp3) is 0.917. The third kappa shape index (κ3) is 2.07. The lowest BCUT2D eigenvalue weighted by Gasteiger charge is -2.21. The van der Waals surface area contributed by atoms with Crippen molar-refractivity contribution < 1.29 is 4.79 Å². The Morgan fingerprint density at radius 3 is 2.19 bits per heavy atom. The molecule has 1 saturated carbocycles. The highest BCUT2D eigenvalue weighted by Gasteiger charge is 2.39. The van der Waals surface area contributed by atoms with Gasteiger partial charge in [0.05, 0.1) is 0 Å². The highest BCUT2D eigenvalue weighted by atomic mass is 35.5. The van der Waals surface area contributed by atoms with Crippen molar-refractivity contribution in [2.24, 2.45) is 17.8 Å². The number of hydrogen-bond donors (Lipinski definition) is 1. The molecule has 2 saturated heterocycles. The van der Waals surface area contributed by atoms with Gasteiger partial charge in [-0.3, -0.25) is 4.79 Å². The minimum atomic E-state index is 0. The van der Waals surface area contributed by atoms with Crippen molar-refractivity contribution >= 4 is 18.3 Å². The number of nitrogens with one attached hydrogen (secondary N) is 1. The van der Waals surface area contributed by atoms with E-state index in [0.29, 0.717) is 11.8 Å². The number of likely N-dealkylation sites (tertiary alicyclic amines) is 1. The average Bonchev–Trinajstić information content (AvgIpc) is 2.92. The first kappa shape index (κ1) is 12.2. The highest BCUT2D eigenvalue weighted by molar-refractivity contribution is 5.85. The lowest BCUT2D eigenvalue weighted by atomic mass is 10.0. The summed E-state index contributed by atoms with van der Waals surface area (Å²) in [5.74, 6) is 2.32. The first-order valence-corrected chi connectivity index (χ1v) is 6.34. The van der Waals surface area contributed by atoms with Crippen molar-refractivity contribution in [3.8, 4) is 0 Å². The molecular weight excluding hydrogens is 224 g/mol. The molecule has 16 heavy (non-hydrogen) atoms. The third-order valence-electron chi connectivity index (χ3n) is 4.41. The number of hydrogen-bond acceptors (Lipinski definition) is 2. The molecule has 3 rings (SSSR count). The number of halogens is 1. The molecule has 3 nitrogen and oxygen atoms in total. The van der Waals surface area contributed by atoms with Gasteiger partial charge in [-0.1, -0.05) is 12.8 Å². The van der Waals surface area contributed by atoms with Gasteiger partial charge in [0.15, 0.2) is 0 Å². The maximum Gasteiger partial charge on any atom is 0.225 e. The third-order valence-corrected chi connectivity index (χ3v) is 4.41. The van der Waals surface area contributed by atoms with Crippen molar-refractivity contribution in [1.29, 1.82) is 0 Å². The van der Waals surface area contributed by atoms with Crippen LogP contribution in [-0.2, 0) is 4.79 Å². The van der Waals surface area contributed by atoms with Gasteiger partial charge in [-0.05, 0) is 24.7 Å². The molecule has 2 aliphatic heterocycles. The Kier molecular flexibility index (Phi) is 3.75. The van der Waals surface area contributed by atoms with E-state index in [1.807, 2.05) is 0 Å². The van der Waals surface area contributed by atoms with Crippen LogP contribution in [0.25, 0.3) is 0 Å². The van der Waals surface area contributed by atoms with Gasteiger partial charge in [0.1, 0.15) is 0 Å². The SMILES string of the molecule is Cl.O=C(C1CCCC1)N1C[C@H]2CNC[C@H]2C1. The Balaban J connectivity index is 0.000000963. The Hall–Kier alpha value is -0.280. The van der Waals surface area contributed by atoms with Gasteiger partial charge < -0.3 is 10.2 Å². The fourth-order valence-electron chi connectivity index (χ4n) is 3.47. The second kappa shape index (κ2) is 4.92. The molecule has 4 heteroatoms. The van der Waals surface area contributed by atoms with E-state index in [-0.39, 0.29) is 12.4 Å². The molecule has 0 aromatic heterocycles. The van der Waals surface area contributed by atoms with Crippen LogP contribution in [0, 0.1) is 17.8 Å². The predicted octanol–water partition coefficient (Wildman–Crippen LogP) is 1.28. The fourth-order valence-corrected chi connectivity index (χ4v) is 3.47. The number of carbonyl (C=O) groups is 1. The lowest BCUT2D eigenvalue weighted by molar-refractivity contribution is -0.134. The first-order chi connectivity index (χ1) is 7.34. The topological polar surface area (TPSA) is 32.3 Å². The van der Waals surface area contributed by atoms with Crippen LogP contribution in [-0.4, -0.2) is 37.0 Å². The van der Waals surface area contributed by atoms with Gasteiger partial charge in [0.2, 0.25) is 5.91 Å². The molecule has 0 bridgehead atoms. The number of fused-ring (bicyclic) bond motifs is 1. The van der Waals surface area contributed by atoms with Gasteiger partial charge in [0.25, 0.3) is 0 Å². The summed E-state index contributed by atoms with van der Waals surface area (Å²) in [6.07, 6.45) is 4.81. The van der Waals surface area contributed by atoms with Gasteiger partial charge >= 0.3 is 0 Å². The van der Waals surface area contributed by atoms with Gasteiger partial charge in [-0.2, -0.15) is 0 Å². The quantitative estimate of drug-likeness (QED) is 0.754. The Labute approximate surface area is 103 Å². The van der Waals surface area contributed by atoms with Crippen LogP contribution in [0.5, 0.6) is 0 Å². The van der Waals surface area contributed by atoms with Crippen molar-refractivity contribution in [2.45, 2.75) is 25.7 Å². The molecule has 3 aliphatic rings. The molecule has 0 radical (unpaired) electrons. The standard InChI is InChI=1S/C12H20N2O.ClH/c15-12(9-3-1-2-4-9)14-7-10-5-13-6-11(10)8-14;/h9-11,13H,1-8H2;1H/t10-,11+;. The molecule has 0 aromatic rings. The van der Waals surface area contributed by atoms with E-state index in [9.17, 15) is 4.79 Å². The molecule has 2 atom stereocenters. The zero-order valence-electron chi connectivity index (χ0n) is 9.65. The summed E-state index contributed by atoms with van der Waals surface area (Å²) in [5.41, 5.74) is 0. The Morgan fingerprint density at radius 1 is 1.06 bits per heavy atom. The summed E-state index contributed by atoms with van der Waals surface area (Å²) in [6, 6.07) is 0.